The molecule has 0 aromatic heterocycles. The third-order valence-electron chi connectivity index (χ3n) is 1.95. The molecular formula is C12H14O3. The van der Waals surface area contributed by atoms with Crippen molar-refractivity contribution in [3.05, 3.63) is 36.4 Å². The van der Waals surface area contributed by atoms with Gasteiger partial charge < -0.3 is 9.47 Å². The van der Waals surface area contributed by atoms with Gasteiger partial charge in [-0.3, -0.25) is 0 Å². The van der Waals surface area contributed by atoms with Crippen LogP contribution in [0.1, 0.15) is 12.5 Å². The van der Waals surface area contributed by atoms with Gasteiger partial charge in [0, 0.05) is 5.56 Å². The Labute approximate surface area is 89.3 Å². The fourth-order valence-electron chi connectivity index (χ4n) is 1.22. The SMILES string of the molecule is C=C(C(=O)OCC)c1ccccc1OC. The lowest BCUT2D eigenvalue weighted by Gasteiger charge is -2.09. The maximum atomic E-state index is 11.4. The number of hydrogen-bond donors (Lipinski definition) is 0. The molecule has 0 aliphatic heterocycles. The van der Waals surface area contributed by atoms with Crippen molar-refractivity contribution in [3.8, 4) is 5.75 Å². The van der Waals surface area contributed by atoms with E-state index in [-0.39, 0.29) is 0 Å². The molecule has 0 unspecified atom stereocenters. The van der Waals surface area contributed by atoms with Gasteiger partial charge in [-0.15, -0.1) is 0 Å². The van der Waals surface area contributed by atoms with Crippen LogP contribution < -0.4 is 4.74 Å². The third-order valence-corrected chi connectivity index (χ3v) is 1.95. The number of methoxy groups -OCH3 is 1. The maximum Gasteiger partial charge on any atom is 0.338 e. The van der Waals surface area contributed by atoms with Crippen LogP contribution in [-0.2, 0) is 9.53 Å². The van der Waals surface area contributed by atoms with Gasteiger partial charge in [-0.25, -0.2) is 4.79 Å². The lowest BCUT2D eigenvalue weighted by atomic mass is 10.1. The van der Waals surface area contributed by atoms with Crippen LogP contribution >= 0.6 is 0 Å². The van der Waals surface area contributed by atoms with E-state index in [1.54, 1.807) is 26.2 Å². The second-order valence-electron chi connectivity index (χ2n) is 2.90. The van der Waals surface area contributed by atoms with E-state index in [1.165, 1.54) is 0 Å². The summed E-state index contributed by atoms with van der Waals surface area (Å²) in [5, 5.41) is 0. The highest BCUT2D eigenvalue weighted by atomic mass is 16.5. The van der Waals surface area contributed by atoms with Crippen molar-refractivity contribution < 1.29 is 14.3 Å². The Morgan fingerprint density at radius 1 is 1.40 bits per heavy atom. The van der Waals surface area contributed by atoms with E-state index in [0.29, 0.717) is 23.5 Å². The molecule has 0 amide bonds. The van der Waals surface area contributed by atoms with E-state index in [0.717, 1.165) is 0 Å². The number of benzene rings is 1. The molecule has 3 heteroatoms. The van der Waals surface area contributed by atoms with Crippen LogP contribution in [0.2, 0.25) is 0 Å². The van der Waals surface area contributed by atoms with Crippen molar-refractivity contribution in [3.63, 3.8) is 0 Å². The van der Waals surface area contributed by atoms with Crippen molar-refractivity contribution in [2.45, 2.75) is 6.92 Å². The normalized spacial score (nSPS) is 9.47. The average molecular weight is 206 g/mol. The molecule has 0 heterocycles. The molecule has 15 heavy (non-hydrogen) atoms. The van der Waals surface area contributed by atoms with Gasteiger partial charge in [0.05, 0.1) is 19.3 Å². The molecule has 0 bridgehead atoms. The molecule has 1 aromatic carbocycles. The first-order valence-electron chi connectivity index (χ1n) is 4.70. The Kier molecular flexibility index (Phi) is 3.92. The van der Waals surface area contributed by atoms with Crippen LogP contribution in [0, 0.1) is 0 Å². The van der Waals surface area contributed by atoms with E-state index in [4.69, 9.17) is 9.47 Å². The van der Waals surface area contributed by atoms with Gasteiger partial charge >= 0.3 is 5.97 Å². The molecule has 0 saturated heterocycles. The summed E-state index contributed by atoms with van der Waals surface area (Å²) in [6.45, 7) is 5.80. The zero-order valence-corrected chi connectivity index (χ0v) is 8.95. The number of esters is 1. The Hall–Kier alpha value is -1.77. The summed E-state index contributed by atoms with van der Waals surface area (Å²) in [6.07, 6.45) is 0. The minimum absolute atomic E-state index is 0.314. The number of carbonyl (C=O) groups is 1. The third kappa shape index (κ3) is 2.59. The van der Waals surface area contributed by atoms with E-state index in [9.17, 15) is 4.79 Å². The second kappa shape index (κ2) is 5.20. The molecule has 1 aromatic rings. The fourth-order valence-corrected chi connectivity index (χ4v) is 1.22. The van der Waals surface area contributed by atoms with Crippen molar-refractivity contribution in [1.82, 2.24) is 0 Å². The molecule has 0 atom stereocenters. The lowest BCUT2D eigenvalue weighted by Crippen LogP contribution is -2.06. The van der Waals surface area contributed by atoms with Crippen molar-refractivity contribution in [1.29, 1.82) is 0 Å². The topological polar surface area (TPSA) is 35.5 Å². The summed E-state index contributed by atoms with van der Waals surface area (Å²) < 4.78 is 9.99. The predicted molar refractivity (Wildman–Crippen MR) is 58.7 cm³/mol. The van der Waals surface area contributed by atoms with Crippen molar-refractivity contribution >= 4 is 11.5 Å². The molecule has 0 saturated carbocycles. The highest BCUT2D eigenvalue weighted by molar-refractivity contribution is 6.16. The van der Waals surface area contributed by atoms with Crippen LogP contribution in [0.25, 0.3) is 5.57 Å². The first-order chi connectivity index (χ1) is 7.20. The number of carbonyl (C=O) groups excluding carboxylic acids is 1. The minimum atomic E-state index is -0.415. The van der Waals surface area contributed by atoms with Crippen LogP contribution in [-0.4, -0.2) is 19.7 Å². The van der Waals surface area contributed by atoms with Crippen LogP contribution in [0.15, 0.2) is 30.8 Å². The first kappa shape index (κ1) is 11.3. The van der Waals surface area contributed by atoms with Crippen molar-refractivity contribution in [2.24, 2.45) is 0 Å². The summed E-state index contributed by atoms with van der Waals surface area (Å²) in [5.41, 5.74) is 0.979. The summed E-state index contributed by atoms with van der Waals surface area (Å²) in [4.78, 5) is 11.4. The van der Waals surface area contributed by atoms with Gasteiger partial charge in [0.2, 0.25) is 0 Å². The largest absolute Gasteiger partial charge is 0.496 e. The molecule has 3 nitrogen and oxygen atoms in total. The molecule has 1 rings (SSSR count). The van der Waals surface area contributed by atoms with Crippen molar-refractivity contribution in [2.75, 3.05) is 13.7 Å². The summed E-state index contributed by atoms with van der Waals surface area (Å²) >= 11 is 0. The fraction of sp³-hybridized carbons (Fsp3) is 0.250. The van der Waals surface area contributed by atoms with Gasteiger partial charge in [0.1, 0.15) is 5.75 Å². The smallest absolute Gasteiger partial charge is 0.338 e. The minimum Gasteiger partial charge on any atom is -0.496 e. The standard InChI is InChI=1S/C12H14O3/c1-4-15-12(13)9(2)10-7-5-6-8-11(10)14-3/h5-8H,2,4H2,1,3H3. The number of rotatable bonds is 4. The Bertz CT molecular complexity index is 369. The molecule has 0 aliphatic rings. The zero-order valence-electron chi connectivity index (χ0n) is 8.95. The summed E-state index contributed by atoms with van der Waals surface area (Å²) in [7, 11) is 1.55. The molecule has 0 radical (unpaired) electrons. The van der Waals surface area contributed by atoms with E-state index < -0.39 is 5.97 Å². The van der Waals surface area contributed by atoms with Gasteiger partial charge in [-0.05, 0) is 13.0 Å². The molecule has 0 fully saturated rings. The van der Waals surface area contributed by atoms with Gasteiger partial charge in [0.25, 0.3) is 0 Å². The Morgan fingerprint density at radius 2 is 2.07 bits per heavy atom. The highest BCUT2D eigenvalue weighted by Crippen LogP contribution is 2.25. The van der Waals surface area contributed by atoms with Crippen LogP contribution in [0.3, 0.4) is 0 Å². The quantitative estimate of drug-likeness (QED) is 0.560. The van der Waals surface area contributed by atoms with E-state index >= 15 is 0 Å². The maximum absolute atomic E-state index is 11.4. The second-order valence-corrected chi connectivity index (χ2v) is 2.90. The van der Waals surface area contributed by atoms with Crippen LogP contribution in [0.4, 0.5) is 0 Å². The number of ether oxygens (including phenoxy) is 2. The molecule has 0 aliphatic carbocycles. The summed E-state index contributed by atoms with van der Waals surface area (Å²) in [6, 6.07) is 7.21. The molecule has 0 spiro atoms. The molecular weight excluding hydrogens is 192 g/mol. The van der Waals surface area contributed by atoms with E-state index in [1.807, 2.05) is 12.1 Å². The Morgan fingerprint density at radius 3 is 2.67 bits per heavy atom. The number of para-hydroxylation sites is 1. The molecule has 80 valence electrons. The lowest BCUT2D eigenvalue weighted by molar-refractivity contribution is -0.136. The first-order valence-corrected chi connectivity index (χ1v) is 4.70. The molecule has 0 N–H and O–H groups in total. The predicted octanol–water partition coefficient (Wildman–Crippen LogP) is 2.27. The van der Waals surface area contributed by atoms with Gasteiger partial charge in [-0.2, -0.15) is 0 Å². The zero-order chi connectivity index (χ0) is 11.3. The monoisotopic (exact) mass is 206 g/mol. The van der Waals surface area contributed by atoms with E-state index in [2.05, 4.69) is 6.58 Å². The Balaban J connectivity index is 2.95. The summed E-state index contributed by atoms with van der Waals surface area (Å²) in [5.74, 6) is 0.206. The average Bonchev–Trinajstić information content (AvgIpc) is 2.28. The highest BCUT2D eigenvalue weighted by Gasteiger charge is 2.13. The number of hydrogen-bond acceptors (Lipinski definition) is 3. The van der Waals surface area contributed by atoms with Crippen LogP contribution in [0.5, 0.6) is 5.75 Å². The van der Waals surface area contributed by atoms with Gasteiger partial charge in [-0.1, -0.05) is 24.8 Å². The van der Waals surface area contributed by atoms with Gasteiger partial charge in [0.15, 0.2) is 0 Å².